The molecule has 1 aliphatic rings. The number of rotatable bonds is 5. The molecule has 2 heterocycles. The number of methoxy groups -OCH3 is 1. The van der Waals surface area contributed by atoms with E-state index in [9.17, 15) is 4.79 Å². The number of hydrogen-bond donors (Lipinski definition) is 1. The molecule has 0 unspecified atom stereocenters. The molecule has 0 atom stereocenters. The van der Waals surface area contributed by atoms with E-state index in [0.29, 0.717) is 17.0 Å². The zero-order valence-corrected chi connectivity index (χ0v) is 18.0. The monoisotopic (exact) mass is 391 g/mol. The summed E-state index contributed by atoms with van der Waals surface area (Å²) >= 11 is 0. The second-order valence-electron chi connectivity index (χ2n) is 8.66. The number of amides is 1. The average Bonchev–Trinajstić information content (AvgIpc) is 2.78. The SMILES string of the molecule is COc1ccc(C=C(CNC(=O)OC(C)(C)C)B2OC(C)(C)C(C)(C)O2)nn1. The molecule has 1 aliphatic heterocycles. The van der Waals surface area contributed by atoms with Gasteiger partial charge in [-0.2, -0.15) is 0 Å². The Morgan fingerprint density at radius 3 is 2.25 bits per heavy atom. The molecule has 0 saturated carbocycles. The van der Waals surface area contributed by atoms with Crippen molar-refractivity contribution in [3.05, 3.63) is 23.3 Å². The van der Waals surface area contributed by atoms with Crippen LogP contribution in [-0.4, -0.2) is 53.9 Å². The number of carbonyl (C=O) groups excluding carboxylic acids is 1. The van der Waals surface area contributed by atoms with Gasteiger partial charge in [0.1, 0.15) is 5.60 Å². The Hall–Kier alpha value is -2.13. The van der Waals surface area contributed by atoms with Crippen LogP contribution in [0.4, 0.5) is 4.79 Å². The quantitative estimate of drug-likeness (QED) is 0.772. The zero-order chi connectivity index (χ0) is 21.2. The maximum Gasteiger partial charge on any atom is 0.492 e. The Morgan fingerprint density at radius 1 is 1.18 bits per heavy atom. The first-order valence-corrected chi connectivity index (χ1v) is 9.24. The predicted octanol–water partition coefficient (Wildman–Crippen LogP) is 3.02. The van der Waals surface area contributed by atoms with Gasteiger partial charge >= 0.3 is 13.2 Å². The van der Waals surface area contributed by atoms with Crippen molar-refractivity contribution in [3.8, 4) is 5.88 Å². The van der Waals surface area contributed by atoms with Crippen LogP contribution in [0.15, 0.2) is 17.6 Å². The first-order chi connectivity index (χ1) is 12.8. The van der Waals surface area contributed by atoms with E-state index in [1.165, 1.54) is 7.11 Å². The highest BCUT2D eigenvalue weighted by Gasteiger charge is 2.52. The number of carbonyl (C=O) groups is 1. The van der Waals surface area contributed by atoms with E-state index in [0.717, 1.165) is 0 Å². The third-order valence-electron chi connectivity index (χ3n) is 4.59. The van der Waals surface area contributed by atoms with Gasteiger partial charge in [0.2, 0.25) is 5.88 Å². The standard InChI is InChI=1S/C19H30BN3O5/c1-17(2,3)26-16(24)21-12-13(11-14-9-10-15(25-8)23-22-14)20-27-18(4,5)19(6,7)28-20/h9-11H,12H2,1-8H3,(H,21,24). The molecule has 0 radical (unpaired) electrons. The van der Waals surface area contributed by atoms with Gasteiger partial charge in [-0.1, -0.05) is 0 Å². The molecule has 8 nitrogen and oxygen atoms in total. The van der Waals surface area contributed by atoms with Crippen LogP contribution >= 0.6 is 0 Å². The summed E-state index contributed by atoms with van der Waals surface area (Å²) in [6.45, 7) is 13.5. The number of aromatic nitrogens is 2. The number of nitrogens with zero attached hydrogens (tertiary/aromatic N) is 2. The largest absolute Gasteiger partial charge is 0.492 e. The fourth-order valence-electron chi connectivity index (χ4n) is 2.39. The molecule has 28 heavy (non-hydrogen) atoms. The van der Waals surface area contributed by atoms with Crippen LogP contribution in [0.2, 0.25) is 0 Å². The second kappa shape index (κ2) is 8.09. The number of hydrogen-bond acceptors (Lipinski definition) is 7. The molecule has 9 heteroatoms. The second-order valence-corrected chi connectivity index (χ2v) is 8.66. The fourth-order valence-corrected chi connectivity index (χ4v) is 2.39. The number of ether oxygens (including phenoxy) is 2. The van der Waals surface area contributed by atoms with Crippen LogP contribution in [0, 0.1) is 0 Å². The van der Waals surface area contributed by atoms with Crippen LogP contribution in [0.25, 0.3) is 6.08 Å². The lowest BCUT2D eigenvalue weighted by Gasteiger charge is -2.32. The molecular formula is C19H30BN3O5. The topological polar surface area (TPSA) is 91.8 Å². The lowest BCUT2D eigenvalue weighted by molar-refractivity contribution is 0.00578. The van der Waals surface area contributed by atoms with Crippen LogP contribution in [0.3, 0.4) is 0 Å². The number of alkyl carbamates (subject to hydrolysis) is 1. The van der Waals surface area contributed by atoms with E-state index in [2.05, 4.69) is 15.5 Å². The summed E-state index contributed by atoms with van der Waals surface area (Å²) in [5, 5.41) is 10.8. The summed E-state index contributed by atoms with van der Waals surface area (Å²) in [6.07, 6.45) is 1.27. The van der Waals surface area contributed by atoms with Crippen LogP contribution < -0.4 is 10.1 Å². The molecule has 1 aromatic rings. The maximum atomic E-state index is 12.1. The fraction of sp³-hybridized carbons (Fsp3) is 0.632. The van der Waals surface area contributed by atoms with Crippen LogP contribution in [0.5, 0.6) is 5.88 Å². The Morgan fingerprint density at radius 2 is 1.79 bits per heavy atom. The van der Waals surface area contributed by atoms with E-state index in [-0.39, 0.29) is 6.54 Å². The Bertz CT molecular complexity index is 710. The lowest BCUT2D eigenvalue weighted by Crippen LogP contribution is -2.41. The smallest absolute Gasteiger partial charge is 0.480 e. The summed E-state index contributed by atoms with van der Waals surface area (Å²) in [6, 6.07) is 3.48. The van der Waals surface area contributed by atoms with Crippen LogP contribution in [-0.2, 0) is 14.0 Å². The Labute approximate surface area is 167 Å². The Kier molecular flexibility index (Phi) is 6.40. The molecular weight excluding hydrogens is 361 g/mol. The minimum atomic E-state index is -0.635. The van der Waals surface area contributed by atoms with E-state index >= 15 is 0 Å². The molecule has 154 valence electrons. The third-order valence-corrected chi connectivity index (χ3v) is 4.59. The molecule has 0 bridgehead atoms. The van der Waals surface area contributed by atoms with Gasteiger partial charge in [0.05, 0.1) is 24.0 Å². The molecule has 1 amide bonds. The van der Waals surface area contributed by atoms with Crippen molar-refractivity contribution in [2.45, 2.75) is 65.3 Å². The molecule has 1 aromatic heterocycles. The minimum absolute atomic E-state index is 0.180. The van der Waals surface area contributed by atoms with Crippen molar-refractivity contribution in [1.29, 1.82) is 0 Å². The highest BCUT2D eigenvalue weighted by molar-refractivity contribution is 6.56. The normalized spacial score (nSPS) is 18.7. The first-order valence-electron chi connectivity index (χ1n) is 9.24. The van der Waals surface area contributed by atoms with Crippen molar-refractivity contribution in [1.82, 2.24) is 15.5 Å². The van der Waals surface area contributed by atoms with Gasteiger partial charge in [-0.3, -0.25) is 0 Å². The van der Waals surface area contributed by atoms with Gasteiger partial charge in [0.25, 0.3) is 0 Å². The maximum absolute atomic E-state index is 12.1. The lowest BCUT2D eigenvalue weighted by atomic mass is 9.77. The first kappa shape index (κ1) is 22.2. The third kappa shape index (κ3) is 5.69. The van der Waals surface area contributed by atoms with Crippen molar-refractivity contribution >= 4 is 19.3 Å². The van der Waals surface area contributed by atoms with E-state index in [1.807, 2.05) is 48.5 Å². The summed E-state index contributed by atoms with van der Waals surface area (Å²) in [4.78, 5) is 12.1. The summed E-state index contributed by atoms with van der Waals surface area (Å²) < 4.78 is 22.6. The van der Waals surface area contributed by atoms with Gasteiger partial charge < -0.3 is 24.1 Å². The van der Waals surface area contributed by atoms with Crippen molar-refractivity contribution in [2.75, 3.05) is 13.7 Å². The van der Waals surface area contributed by atoms with E-state index in [1.54, 1.807) is 18.2 Å². The molecule has 2 rings (SSSR count). The van der Waals surface area contributed by atoms with Gasteiger partial charge in [0.15, 0.2) is 0 Å². The van der Waals surface area contributed by atoms with Crippen molar-refractivity contribution in [3.63, 3.8) is 0 Å². The van der Waals surface area contributed by atoms with Gasteiger partial charge in [-0.05, 0) is 66.1 Å². The van der Waals surface area contributed by atoms with E-state index in [4.69, 9.17) is 18.8 Å². The highest BCUT2D eigenvalue weighted by Crippen LogP contribution is 2.38. The van der Waals surface area contributed by atoms with E-state index < -0.39 is 30.0 Å². The zero-order valence-electron chi connectivity index (χ0n) is 18.0. The van der Waals surface area contributed by atoms with Crippen LogP contribution in [0.1, 0.15) is 54.2 Å². The molecule has 0 spiro atoms. The van der Waals surface area contributed by atoms with Gasteiger partial charge in [-0.15, -0.1) is 10.2 Å². The molecule has 1 fully saturated rings. The predicted molar refractivity (Wildman–Crippen MR) is 107 cm³/mol. The number of nitrogens with one attached hydrogen (secondary N) is 1. The highest BCUT2D eigenvalue weighted by atomic mass is 16.7. The molecule has 1 saturated heterocycles. The minimum Gasteiger partial charge on any atom is -0.480 e. The summed E-state index contributed by atoms with van der Waals surface area (Å²) in [7, 11) is 0.893. The van der Waals surface area contributed by atoms with Crippen molar-refractivity contribution in [2.24, 2.45) is 0 Å². The Balaban J connectivity index is 2.23. The van der Waals surface area contributed by atoms with Gasteiger partial charge in [0, 0.05) is 12.6 Å². The average molecular weight is 391 g/mol. The molecule has 0 aliphatic carbocycles. The molecule has 1 N–H and O–H groups in total. The molecule has 0 aromatic carbocycles. The summed E-state index contributed by atoms with van der Waals surface area (Å²) in [5.74, 6) is 0.418. The van der Waals surface area contributed by atoms with Crippen molar-refractivity contribution < 1.29 is 23.6 Å². The summed E-state index contributed by atoms with van der Waals surface area (Å²) in [5.41, 5.74) is -0.303. The van der Waals surface area contributed by atoms with Gasteiger partial charge in [-0.25, -0.2) is 4.79 Å².